The number of ether oxygens (including phenoxy) is 2. The maximum absolute atomic E-state index is 11.8. The fourth-order valence-electron chi connectivity index (χ4n) is 3.16. The van der Waals surface area contributed by atoms with E-state index < -0.39 is 5.60 Å². The molecule has 0 radical (unpaired) electrons. The zero-order valence-corrected chi connectivity index (χ0v) is 12.3. The molecule has 1 saturated heterocycles. The minimum Gasteiger partial charge on any atom is -0.464 e. The quantitative estimate of drug-likeness (QED) is 0.561. The first-order valence-electron chi connectivity index (χ1n) is 8.08. The average Bonchev–Trinajstić information content (AvgIpc) is 3.17. The van der Waals surface area contributed by atoms with Crippen molar-refractivity contribution >= 4 is 5.97 Å². The van der Waals surface area contributed by atoms with Gasteiger partial charge in [-0.1, -0.05) is 51.4 Å². The Morgan fingerprint density at radius 1 is 1.16 bits per heavy atom. The number of hydrogen-bond donors (Lipinski definition) is 0. The first kappa shape index (κ1) is 14.8. The molecular weight excluding hydrogens is 240 g/mol. The highest BCUT2D eigenvalue weighted by atomic mass is 16.6. The second kappa shape index (κ2) is 7.28. The van der Waals surface area contributed by atoms with Crippen LogP contribution in [0.2, 0.25) is 0 Å². The molecule has 2 rings (SSSR count). The predicted molar refractivity (Wildman–Crippen MR) is 75.0 cm³/mol. The average molecular weight is 268 g/mol. The zero-order chi connectivity index (χ0) is 13.6. The monoisotopic (exact) mass is 268 g/mol. The van der Waals surface area contributed by atoms with Crippen molar-refractivity contribution in [1.82, 2.24) is 0 Å². The predicted octanol–water partition coefficient (Wildman–Crippen LogP) is 3.85. The minimum atomic E-state index is -0.561. The lowest BCUT2D eigenvalue weighted by atomic mass is 9.89. The van der Waals surface area contributed by atoms with Gasteiger partial charge in [0.2, 0.25) is 0 Å². The Hall–Kier alpha value is -0.570. The van der Waals surface area contributed by atoms with Gasteiger partial charge in [0.1, 0.15) is 0 Å². The molecule has 1 unspecified atom stereocenters. The van der Waals surface area contributed by atoms with Crippen molar-refractivity contribution in [2.75, 3.05) is 13.2 Å². The van der Waals surface area contributed by atoms with Gasteiger partial charge in [-0.3, -0.25) is 0 Å². The number of epoxide rings is 1. The lowest BCUT2D eigenvalue weighted by molar-refractivity contribution is -0.149. The van der Waals surface area contributed by atoms with Crippen LogP contribution in [0, 0.1) is 5.92 Å². The van der Waals surface area contributed by atoms with Crippen LogP contribution in [0.1, 0.15) is 71.1 Å². The molecule has 3 nitrogen and oxygen atoms in total. The van der Waals surface area contributed by atoms with Crippen LogP contribution in [0.25, 0.3) is 0 Å². The molecule has 0 N–H and O–H groups in total. The van der Waals surface area contributed by atoms with E-state index >= 15 is 0 Å². The summed E-state index contributed by atoms with van der Waals surface area (Å²) in [5, 5.41) is 0. The molecule has 3 heteroatoms. The van der Waals surface area contributed by atoms with E-state index in [2.05, 4.69) is 0 Å². The standard InChI is InChI=1S/C16H28O3/c1-2-18-15(17)16(13-19-16)12-11-14-9-7-5-3-4-6-8-10-14/h14H,2-13H2,1H3. The number of carbonyl (C=O) groups is 1. The van der Waals surface area contributed by atoms with Gasteiger partial charge in [-0.15, -0.1) is 0 Å². The van der Waals surface area contributed by atoms with E-state index in [1.807, 2.05) is 6.92 Å². The van der Waals surface area contributed by atoms with Crippen LogP contribution in [0.5, 0.6) is 0 Å². The molecule has 2 aliphatic rings. The Bertz CT molecular complexity index is 274. The van der Waals surface area contributed by atoms with E-state index in [9.17, 15) is 4.79 Å². The van der Waals surface area contributed by atoms with Gasteiger partial charge in [0.05, 0.1) is 13.2 Å². The maximum Gasteiger partial charge on any atom is 0.340 e. The summed E-state index contributed by atoms with van der Waals surface area (Å²) in [6.45, 7) is 2.87. The summed E-state index contributed by atoms with van der Waals surface area (Å²) < 4.78 is 10.5. The van der Waals surface area contributed by atoms with Crippen LogP contribution in [0.4, 0.5) is 0 Å². The van der Waals surface area contributed by atoms with Gasteiger partial charge in [0.15, 0.2) is 5.60 Å². The molecule has 0 aromatic heterocycles. The molecule has 0 amide bonds. The normalized spacial score (nSPS) is 29.1. The van der Waals surface area contributed by atoms with Gasteiger partial charge in [-0.05, 0) is 25.7 Å². The number of hydrogen-bond acceptors (Lipinski definition) is 3. The Kier molecular flexibility index (Phi) is 5.68. The molecule has 1 saturated carbocycles. The topological polar surface area (TPSA) is 38.8 Å². The van der Waals surface area contributed by atoms with E-state index in [4.69, 9.17) is 9.47 Å². The fraction of sp³-hybridized carbons (Fsp3) is 0.938. The van der Waals surface area contributed by atoms with E-state index in [-0.39, 0.29) is 5.97 Å². The van der Waals surface area contributed by atoms with E-state index in [0.29, 0.717) is 13.2 Å². The number of rotatable bonds is 5. The summed E-state index contributed by atoms with van der Waals surface area (Å²) in [6, 6.07) is 0. The molecule has 0 aromatic carbocycles. The zero-order valence-electron chi connectivity index (χ0n) is 12.3. The lowest BCUT2D eigenvalue weighted by Gasteiger charge is -2.18. The molecule has 1 heterocycles. The van der Waals surface area contributed by atoms with Crippen LogP contribution in [0.15, 0.2) is 0 Å². The maximum atomic E-state index is 11.8. The van der Waals surface area contributed by atoms with Gasteiger partial charge < -0.3 is 9.47 Å². The molecule has 0 aromatic rings. The van der Waals surface area contributed by atoms with Crippen LogP contribution < -0.4 is 0 Å². The molecule has 0 spiro atoms. The molecule has 0 bridgehead atoms. The van der Waals surface area contributed by atoms with Crippen molar-refractivity contribution in [3.63, 3.8) is 0 Å². The highest BCUT2D eigenvalue weighted by Crippen LogP contribution is 2.37. The van der Waals surface area contributed by atoms with Crippen molar-refractivity contribution in [3.8, 4) is 0 Å². The summed E-state index contributed by atoms with van der Waals surface area (Å²) in [5.74, 6) is 0.645. The third-order valence-electron chi connectivity index (χ3n) is 4.57. The Labute approximate surface area is 117 Å². The Morgan fingerprint density at radius 3 is 2.26 bits per heavy atom. The van der Waals surface area contributed by atoms with Gasteiger partial charge in [-0.2, -0.15) is 0 Å². The summed E-state index contributed by atoms with van der Waals surface area (Å²) in [5.41, 5.74) is -0.561. The number of esters is 1. The first-order chi connectivity index (χ1) is 9.27. The van der Waals surface area contributed by atoms with Crippen molar-refractivity contribution in [1.29, 1.82) is 0 Å². The summed E-state index contributed by atoms with van der Waals surface area (Å²) in [6.07, 6.45) is 12.9. The van der Waals surface area contributed by atoms with Crippen molar-refractivity contribution in [2.45, 2.75) is 76.7 Å². The number of carbonyl (C=O) groups excluding carboxylic acids is 1. The molecule has 1 atom stereocenters. The smallest absolute Gasteiger partial charge is 0.340 e. The first-order valence-corrected chi connectivity index (χ1v) is 8.08. The largest absolute Gasteiger partial charge is 0.464 e. The molecule has 110 valence electrons. The second-order valence-corrected chi connectivity index (χ2v) is 6.11. The Morgan fingerprint density at radius 2 is 1.74 bits per heavy atom. The van der Waals surface area contributed by atoms with Crippen LogP contribution in [-0.2, 0) is 14.3 Å². The third kappa shape index (κ3) is 4.48. The van der Waals surface area contributed by atoms with Gasteiger partial charge >= 0.3 is 5.97 Å². The van der Waals surface area contributed by atoms with E-state index in [1.165, 1.54) is 51.4 Å². The molecule has 1 aliphatic carbocycles. The summed E-state index contributed by atoms with van der Waals surface area (Å²) in [4.78, 5) is 11.8. The molecule has 1 aliphatic heterocycles. The van der Waals surface area contributed by atoms with Crippen LogP contribution >= 0.6 is 0 Å². The Balaban J connectivity index is 1.75. The van der Waals surface area contributed by atoms with Crippen molar-refractivity contribution in [3.05, 3.63) is 0 Å². The lowest BCUT2D eigenvalue weighted by Crippen LogP contribution is -2.28. The highest BCUT2D eigenvalue weighted by Gasteiger charge is 2.53. The second-order valence-electron chi connectivity index (χ2n) is 6.11. The van der Waals surface area contributed by atoms with Gasteiger partial charge in [-0.25, -0.2) is 4.79 Å². The van der Waals surface area contributed by atoms with Crippen molar-refractivity contribution in [2.24, 2.45) is 5.92 Å². The molecule has 19 heavy (non-hydrogen) atoms. The van der Waals surface area contributed by atoms with Crippen LogP contribution in [-0.4, -0.2) is 24.8 Å². The van der Waals surface area contributed by atoms with Gasteiger partial charge in [0.25, 0.3) is 0 Å². The van der Waals surface area contributed by atoms with Crippen LogP contribution in [0.3, 0.4) is 0 Å². The molecule has 2 fully saturated rings. The van der Waals surface area contributed by atoms with E-state index in [0.717, 1.165) is 18.8 Å². The fourth-order valence-corrected chi connectivity index (χ4v) is 3.16. The minimum absolute atomic E-state index is 0.141. The van der Waals surface area contributed by atoms with Crippen molar-refractivity contribution < 1.29 is 14.3 Å². The third-order valence-corrected chi connectivity index (χ3v) is 4.57. The summed E-state index contributed by atoms with van der Waals surface area (Å²) in [7, 11) is 0. The highest BCUT2D eigenvalue weighted by molar-refractivity contribution is 5.82. The summed E-state index contributed by atoms with van der Waals surface area (Å²) >= 11 is 0. The van der Waals surface area contributed by atoms with E-state index in [1.54, 1.807) is 0 Å². The SMILES string of the molecule is CCOC(=O)C1(CCC2CCCCCCCC2)CO1. The molecular formula is C16H28O3. The van der Waals surface area contributed by atoms with Gasteiger partial charge in [0, 0.05) is 0 Å².